The molecule has 0 bridgehead atoms. The maximum absolute atomic E-state index is 11.5. The molecule has 0 radical (unpaired) electrons. The molecule has 1 N–H and O–H groups in total. The van der Waals surface area contributed by atoms with Crippen molar-refractivity contribution in [3.05, 3.63) is 23.9 Å². The molecule has 1 unspecified atom stereocenters. The van der Waals surface area contributed by atoms with E-state index in [1.54, 1.807) is 6.20 Å². The number of nitrogens with zero attached hydrogens (tertiary/aromatic N) is 1. The van der Waals surface area contributed by atoms with Crippen molar-refractivity contribution in [3.8, 4) is 12.3 Å². The summed E-state index contributed by atoms with van der Waals surface area (Å²) < 4.78 is 0. The van der Waals surface area contributed by atoms with Crippen LogP contribution in [0, 0.1) is 19.3 Å². The Labute approximate surface area is 100 Å². The lowest BCUT2D eigenvalue weighted by Gasteiger charge is -2.09. The number of hydrogen-bond acceptors (Lipinski definition) is 3. The zero-order chi connectivity index (χ0) is 12.0. The summed E-state index contributed by atoms with van der Waals surface area (Å²) in [5, 5.41) is 3.29. The number of hydrogen-bond donors (Lipinski definition) is 1. The highest BCUT2D eigenvalue weighted by molar-refractivity contribution is 8.00. The van der Waals surface area contributed by atoms with Crippen molar-refractivity contribution in [1.82, 2.24) is 10.3 Å². The molecule has 0 aliphatic rings. The largest absolute Gasteiger partial charge is 0.344 e. The van der Waals surface area contributed by atoms with E-state index < -0.39 is 0 Å². The molecule has 1 heterocycles. The van der Waals surface area contributed by atoms with Crippen LogP contribution < -0.4 is 5.32 Å². The Hall–Kier alpha value is -1.47. The fourth-order valence-corrected chi connectivity index (χ4v) is 1.85. The van der Waals surface area contributed by atoms with Gasteiger partial charge in [0.25, 0.3) is 0 Å². The van der Waals surface area contributed by atoms with Crippen LogP contribution in [0.2, 0.25) is 0 Å². The summed E-state index contributed by atoms with van der Waals surface area (Å²) in [4.78, 5) is 15.7. The summed E-state index contributed by atoms with van der Waals surface area (Å²) in [6.45, 7) is 4.08. The van der Waals surface area contributed by atoms with Gasteiger partial charge in [-0.25, -0.2) is 4.98 Å². The van der Waals surface area contributed by atoms with Crippen LogP contribution in [0.4, 0.5) is 0 Å². The quantitative estimate of drug-likeness (QED) is 0.636. The number of terminal acetylenes is 1. The van der Waals surface area contributed by atoms with Gasteiger partial charge in [0, 0.05) is 6.20 Å². The SMILES string of the molecule is C#CCNC(=O)C(C)Sc1ccc(C)cn1. The predicted molar refractivity (Wildman–Crippen MR) is 66.1 cm³/mol. The van der Waals surface area contributed by atoms with Crippen molar-refractivity contribution < 1.29 is 4.79 Å². The molecular formula is C12H14N2OS. The second kappa shape index (κ2) is 6.19. The van der Waals surface area contributed by atoms with Crippen molar-refractivity contribution in [2.75, 3.05) is 6.54 Å². The molecule has 0 fully saturated rings. The van der Waals surface area contributed by atoms with E-state index in [1.807, 2.05) is 26.0 Å². The van der Waals surface area contributed by atoms with Gasteiger partial charge in [-0.2, -0.15) is 0 Å². The molecular weight excluding hydrogens is 220 g/mol. The molecule has 16 heavy (non-hydrogen) atoms. The Morgan fingerprint density at radius 1 is 1.69 bits per heavy atom. The van der Waals surface area contributed by atoms with Crippen LogP contribution in [-0.4, -0.2) is 22.7 Å². The molecule has 3 nitrogen and oxygen atoms in total. The highest BCUT2D eigenvalue weighted by atomic mass is 32.2. The average Bonchev–Trinajstić information content (AvgIpc) is 2.29. The first-order valence-corrected chi connectivity index (χ1v) is 5.82. The summed E-state index contributed by atoms with van der Waals surface area (Å²) in [6.07, 6.45) is 6.85. The van der Waals surface area contributed by atoms with Gasteiger partial charge in [-0.05, 0) is 25.5 Å². The molecule has 0 spiro atoms. The van der Waals surface area contributed by atoms with Crippen LogP contribution in [0.1, 0.15) is 12.5 Å². The maximum Gasteiger partial charge on any atom is 0.234 e. The van der Waals surface area contributed by atoms with Crippen LogP contribution in [0.3, 0.4) is 0 Å². The first-order valence-electron chi connectivity index (χ1n) is 4.94. The molecule has 0 aromatic carbocycles. The summed E-state index contributed by atoms with van der Waals surface area (Å²) in [5.41, 5.74) is 1.11. The highest BCUT2D eigenvalue weighted by Gasteiger charge is 2.13. The number of nitrogens with one attached hydrogen (secondary N) is 1. The zero-order valence-corrected chi connectivity index (χ0v) is 10.2. The van der Waals surface area contributed by atoms with E-state index in [2.05, 4.69) is 16.2 Å². The first kappa shape index (κ1) is 12.6. The van der Waals surface area contributed by atoms with Crippen molar-refractivity contribution in [2.24, 2.45) is 0 Å². The summed E-state index contributed by atoms with van der Waals surface area (Å²) in [6, 6.07) is 3.88. The molecule has 0 saturated heterocycles. The Kier molecular flexibility index (Phi) is 4.87. The number of amides is 1. The van der Waals surface area contributed by atoms with Crippen molar-refractivity contribution >= 4 is 17.7 Å². The molecule has 0 aliphatic carbocycles. The average molecular weight is 234 g/mol. The highest BCUT2D eigenvalue weighted by Crippen LogP contribution is 2.20. The Morgan fingerprint density at radius 3 is 3.00 bits per heavy atom. The lowest BCUT2D eigenvalue weighted by atomic mass is 10.3. The predicted octanol–water partition coefficient (Wildman–Crippen LogP) is 1.62. The van der Waals surface area contributed by atoms with Gasteiger partial charge in [0.15, 0.2) is 0 Å². The van der Waals surface area contributed by atoms with Crippen molar-refractivity contribution in [2.45, 2.75) is 24.1 Å². The third-order valence-corrected chi connectivity index (χ3v) is 2.97. The molecule has 1 atom stereocenters. The van der Waals surface area contributed by atoms with Crippen LogP contribution in [-0.2, 0) is 4.79 Å². The maximum atomic E-state index is 11.5. The minimum Gasteiger partial charge on any atom is -0.344 e. The summed E-state index contributed by atoms with van der Waals surface area (Å²) in [7, 11) is 0. The second-order valence-electron chi connectivity index (χ2n) is 3.36. The van der Waals surface area contributed by atoms with E-state index >= 15 is 0 Å². The minimum atomic E-state index is -0.191. The van der Waals surface area contributed by atoms with E-state index in [9.17, 15) is 4.79 Å². The number of aryl methyl sites for hydroxylation is 1. The number of pyridine rings is 1. The van der Waals surface area contributed by atoms with Gasteiger partial charge >= 0.3 is 0 Å². The fourth-order valence-electron chi connectivity index (χ4n) is 1.04. The zero-order valence-electron chi connectivity index (χ0n) is 9.36. The Morgan fingerprint density at radius 2 is 2.44 bits per heavy atom. The normalized spacial score (nSPS) is 11.6. The molecule has 1 rings (SSSR count). The lowest BCUT2D eigenvalue weighted by Crippen LogP contribution is -2.31. The van der Waals surface area contributed by atoms with E-state index in [0.717, 1.165) is 10.6 Å². The lowest BCUT2D eigenvalue weighted by molar-refractivity contribution is -0.120. The Balaban J connectivity index is 2.51. The first-order chi connectivity index (χ1) is 7.63. The molecule has 0 aliphatic heterocycles. The van der Waals surface area contributed by atoms with Gasteiger partial charge in [0.1, 0.15) is 0 Å². The summed E-state index contributed by atoms with van der Waals surface area (Å²) in [5.74, 6) is 2.30. The Bertz CT molecular complexity index is 394. The molecule has 1 aromatic heterocycles. The summed E-state index contributed by atoms with van der Waals surface area (Å²) >= 11 is 1.42. The molecule has 4 heteroatoms. The number of thioether (sulfide) groups is 1. The van der Waals surface area contributed by atoms with Gasteiger partial charge in [0.2, 0.25) is 5.91 Å². The van der Waals surface area contributed by atoms with Crippen LogP contribution >= 0.6 is 11.8 Å². The van der Waals surface area contributed by atoms with E-state index in [0.29, 0.717) is 0 Å². The number of carbonyl (C=O) groups is 1. The van der Waals surface area contributed by atoms with E-state index in [4.69, 9.17) is 6.42 Å². The van der Waals surface area contributed by atoms with Crippen molar-refractivity contribution in [3.63, 3.8) is 0 Å². The molecule has 1 aromatic rings. The topological polar surface area (TPSA) is 42.0 Å². The van der Waals surface area contributed by atoms with E-state index in [-0.39, 0.29) is 17.7 Å². The van der Waals surface area contributed by atoms with Crippen molar-refractivity contribution in [1.29, 1.82) is 0 Å². The van der Waals surface area contributed by atoms with Gasteiger partial charge in [-0.3, -0.25) is 4.79 Å². The number of aromatic nitrogens is 1. The molecule has 84 valence electrons. The van der Waals surface area contributed by atoms with Crippen LogP contribution in [0.5, 0.6) is 0 Å². The second-order valence-corrected chi connectivity index (χ2v) is 4.72. The number of carbonyl (C=O) groups excluding carboxylic acids is 1. The molecule has 1 amide bonds. The van der Waals surface area contributed by atoms with Gasteiger partial charge in [-0.1, -0.05) is 23.7 Å². The third kappa shape index (κ3) is 3.95. The monoisotopic (exact) mass is 234 g/mol. The fraction of sp³-hybridized carbons (Fsp3) is 0.333. The van der Waals surface area contributed by atoms with Crippen LogP contribution in [0.15, 0.2) is 23.4 Å². The van der Waals surface area contributed by atoms with E-state index in [1.165, 1.54) is 11.8 Å². The van der Waals surface area contributed by atoms with Crippen LogP contribution in [0.25, 0.3) is 0 Å². The smallest absolute Gasteiger partial charge is 0.234 e. The third-order valence-electron chi connectivity index (χ3n) is 1.92. The van der Waals surface area contributed by atoms with Gasteiger partial charge in [-0.15, -0.1) is 6.42 Å². The van der Waals surface area contributed by atoms with Gasteiger partial charge in [0.05, 0.1) is 16.8 Å². The van der Waals surface area contributed by atoms with Gasteiger partial charge < -0.3 is 5.32 Å². The molecule has 0 saturated carbocycles. The number of rotatable bonds is 4. The standard InChI is InChI=1S/C12H14N2OS/c1-4-7-13-12(15)10(3)16-11-6-5-9(2)8-14-11/h1,5-6,8,10H,7H2,2-3H3,(H,13,15). The minimum absolute atomic E-state index is 0.0645.